The topological polar surface area (TPSA) is 80.6 Å². The lowest BCUT2D eigenvalue weighted by Crippen LogP contribution is -2.50. The first-order valence-electron chi connectivity index (χ1n) is 15.0. The number of piperazine rings is 1. The first-order chi connectivity index (χ1) is 19.8. The average molecular weight is 564 g/mol. The number of anilines is 1. The number of hydrogen-bond acceptors (Lipinski definition) is 6. The smallest absolute Gasteiger partial charge is 0.246 e. The molecule has 8 nitrogen and oxygen atoms in total. The standard InChI is InChI=1S/C28H38N4O3.C5H11N/c1-5-7-11-26(35-4)30-25(31-16-18-32(19-17-31)27(34)6-2)20-21(3)28(22-9-8-10-22)29-23-12-14-24(33)15-13-23;1-6-4-2-3-5-6/h6,11-15,20,29,33H,2,5,7-10,16-19H2,1,3-4H3;2-5H2,1H3/b21-20+,26-11-,30-25+;. The van der Waals surface area contributed by atoms with Crippen molar-refractivity contribution in [3.8, 4) is 5.75 Å². The molecule has 3 fully saturated rings. The molecule has 2 saturated heterocycles. The molecule has 224 valence electrons. The van der Waals surface area contributed by atoms with E-state index in [0.29, 0.717) is 32.1 Å². The summed E-state index contributed by atoms with van der Waals surface area (Å²) in [6.45, 7) is 13.1. The molecule has 0 atom stereocenters. The Bertz CT molecular complexity index is 1120. The maximum absolute atomic E-state index is 12.0. The van der Waals surface area contributed by atoms with Gasteiger partial charge >= 0.3 is 0 Å². The Kier molecular flexibility index (Phi) is 13.0. The minimum absolute atomic E-state index is 0.0367. The van der Waals surface area contributed by atoms with Gasteiger partial charge in [-0.25, -0.2) is 0 Å². The number of ether oxygens (including phenoxy) is 1. The third kappa shape index (κ3) is 10.1. The number of allylic oxidation sites excluding steroid dienone is 3. The molecule has 0 radical (unpaired) electrons. The van der Waals surface area contributed by atoms with Crippen molar-refractivity contribution in [2.24, 2.45) is 4.99 Å². The van der Waals surface area contributed by atoms with Gasteiger partial charge in [0.15, 0.2) is 0 Å². The quantitative estimate of drug-likeness (QED) is 0.128. The van der Waals surface area contributed by atoms with E-state index >= 15 is 0 Å². The van der Waals surface area contributed by atoms with E-state index in [4.69, 9.17) is 9.73 Å². The zero-order chi connectivity index (χ0) is 29.6. The van der Waals surface area contributed by atoms with Gasteiger partial charge in [0.05, 0.1) is 7.11 Å². The number of nitrogens with one attached hydrogen (secondary N) is 1. The lowest BCUT2D eigenvalue weighted by atomic mass is 9.88. The fourth-order valence-corrected chi connectivity index (χ4v) is 4.93. The number of amidine groups is 1. The normalized spacial score (nSPS) is 18.3. The van der Waals surface area contributed by atoms with E-state index in [9.17, 15) is 9.90 Å². The monoisotopic (exact) mass is 563 g/mol. The number of nitrogens with zero attached hydrogens (tertiary/aromatic N) is 4. The predicted molar refractivity (Wildman–Crippen MR) is 169 cm³/mol. The number of benzene rings is 1. The number of phenols is 1. The maximum Gasteiger partial charge on any atom is 0.246 e. The molecule has 0 spiro atoms. The molecule has 41 heavy (non-hydrogen) atoms. The van der Waals surface area contributed by atoms with Crippen molar-refractivity contribution in [3.05, 3.63) is 71.8 Å². The van der Waals surface area contributed by atoms with Crippen molar-refractivity contribution in [1.29, 1.82) is 0 Å². The van der Waals surface area contributed by atoms with Gasteiger partial charge in [0.25, 0.3) is 0 Å². The van der Waals surface area contributed by atoms with Crippen LogP contribution in [0, 0.1) is 0 Å². The fourth-order valence-electron chi connectivity index (χ4n) is 4.93. The average Bonchev–Trinajstić information content (AvgIpc) is 3.45. The maximum atomic E-state index is 12.0. The first-order valence-corrected chi connectivity index (χ1v) is 15.0. The van der Waals surface area contributed by atoms with Gasteiger partial charge in [-0.05, 0) is 119 Å². The molecule has 8 heteroatoms. The Balaban J connectivity index is 0.000000681. The van der Waals surface area contributed by atoms with Crippen LogP contribution in [-0.2, 0) is 9.53 Å². The number of aliphatic imine (C=N–C) groups is 1. The van der Waals surface area contributed by atoms with Gasteiger partial charge in [-0.15, -0.1) is 0 Å². The van der Waals surface area contributed by atoms with Gasteiger partial charge in [0, 0.05) is 37.6 Å². The number of likely N-dealkylation sites (tertiary alicyclic amines) is 1. The van der Waals surface area contributed by atoms with Crippen LogP contribution in [0.4, 0.5) is 5.69 Å². The van der Waals surface area contributed by atoms with Crippen LogP contribution in [0.3, 0.4) is 0 Å². The summed E-state index contributed by atoms with van der Waals surface area (Å²) in [6.07, 6.45) is 13.6. The molecule has 2 aliphatic heterocycles. The number of hydrogen-bond donors (Lipinski definition) is 2. The Morgan fingerprint density at radius 3 is 2.17 bits per heavy atom. The third-order valence-electron chi connectivity index (χ3n) is 7.65. The molecule has 1 aromatic carbocycles. The number of aromatic hydroxyl groups is 1. The van der Waals surface area contributed by atoms with Crippen molar-refractivity contribution in [1.82, 2.24) is 14.7 Å². The van der Waals surface area contributed by atoms with Gasteiger partial charge in [-0.3, -0.25) is 4.79 Å². The summed E-state index contributed by atoms with van der Waals surface area (Å²) in [7, 11) is 3.82. The van der Waals surface area contributed by atoms with Crippen LogP contribution in [-0.4, -0.2) is 85.0 Å². The summed E-state index contributed by atoms with van der Waals surface area (Å²) in [5.41, 5.74) is 4.51. The van der Waals surface area contributed by atoms with E-state index in [1.54, 1.807) is 19.2 Å². The molecule has 3 aliphatic rings. The Morgan fingerprint density at radius 2 is 1.68 bits per heavy atom. The SMILES string of the molecule is C=CC(=O)N1CCN(C(/C=C(\C)C(Nc2ccc(O)cc2)=C2CCC2)=N/C(=C/CCC)OC)CC1.CN1CCCC1. The highest BCUT2D eigenvalue weighted by molar-refractivity contribution is 5.95. The third-order valence-corrected chi connectivity index (χ3v) is 7.65. The summed E-state index contributed by atoms with van der Waals surface area (Å²) in [6, 6.07) is 7.13. The molecule has 0 unspecified atom stereocenters. The van der Waals surface area contributed by atoms with Crippen molar-refractivity contribution in [2.75, 3.05) is 58.7 Å². The Morgan fingerprint density at radius 1 is 1.05 bits per heavy atom. The summed E-state index contributed by atoms with van der Waals surface area (Å²) in [5, 5.41) is 13.2. The van der Waals surface area contributed by atoms with Crippen LogP contribution in [0.25, 0.3) is 0 Å². The number of unbranched alkanes of at least 4 members (excludes halogenated alkanes) is 1. The van der Waals surface area contributed by atoms with Gasteiger partial charge in [-0.1, -0.05) is 19.9 Å². The highest BCUT2D eigenvalue weighted by Gasteiger charge is 2.23. The zero-order valence-electron chi connectivity index (χ0n) is 25.5. The molecule has 1 aliphatic carbocycles. The second kappa shape index (κ2) is 16.7. The van der Waals surface area contributed by atoms with Gasteiger partial charge in [-0.2, -0.15) is 4.99 Å². The second-order valence-corrected chi connectivity index (χ2v) is 10.9. The number of carbonyl (C=O) groups is 1. The number of rotatable bonds is 9. The number of amides is 1. The van der Waals surface area contributed by atoms with Crippen LogP contribution in [0.15, 0.2) is 76.8 Å². The van der Waals surface area contributed by atoms with Crippen LogP contribution < -0.4 is 5.32 Å². The fraction of sp³-hybridized carbons (Fsp3) is 0.515. The van der Waals surface area contributed by atoms with Crippen LogP contribution in [0.5, 0.6) is 5.75 Å². The largest absolute Gasteiger partial charge is 0.508 e. The highest BCUT2D eigenvalue weighted by Crippen LogP contribution is 2.33. The number of phenolic OH excluding ortho intramolecular Hbond substituents is 1. The summed E-state index contributed by atoms with van der Waals surface area (Å²) >= 11 is 0. The molecule has 1 amide bonds. The summed E-state index contributed by atoms with van der Waals surface area (Å²) in [4.78, 5) is 23.3. The molecule has 4 rings (SSSR count). The first kappa shape index (κ1) is 32.0. The van der Waals surface area contributed by atoms with E-state index in [1.165, 1.54) is 44.0 Å². The van der Waals surface area contributed by atoms with Crippen molar-refractivity contribution >= 4 is 17.4 Å². The van der Waals surface area contributed by atoms with Gasteiger partial charge in [0.1, 0.15) is 11.6 Å². The minimum Gasteiger partial charge on any atom is -0.508 e. The number of carbonyl (C=O) groups excluding carboxylic acids is 1. The Hall–Kier alpha value is -3.52. The van der Waals surface area contributed by atoms with Crippen LogP contribution in [0.1, 0.15) is 58.8 Å². The Labute approximate surface area is 246 Å². The van der Waals surface area contributed by atoms with E-state index in [1.807, 2.05) is 23.1 Å². The highest BCUT2D eigenvalue weighted by atomic mass is 16.5. The molecule has 2 heterocycles. The lowest BCUT2D eigenvalue weighted by Gasteiger charge is -2.35. The van der Waals surface area contributed by atoms with Crippen molar-refractivity contribution < 1.29 is 14.6 Å². The summed E-state index contributed by atoms with van der Waals surface area (Å²) < 4.78 is 5.57. The molecule has 1 saturated carbocycles. The predicted octanol–water partition coefficient (Wildman–Crippen LogP) is 5.92. The molecular formula is C33H49N5O3. The van der Waals surface area contributed by atoms with Crippen LogP contribution in [0.2, 0.25) is 0 Å². The lowest BCUT2D eigenvalue weighted by molar-refractivity contribution is -0.127. The van der Waals surface area contributed by atoms with Crippen molar-refractivity contribution in [3.63, 3.8) is 0 Å². The molecule has 2 N–H and O–H groups in total. The molecule has 0 aromatic heterocycles. The van der Waals surface area contributed by atoms with E-state index in [-0.39, 0.29) is 11.7 Å². The molecular weight excluding hydrogens is 514 g/mol. The van der Waals surface area contributed by atoms with E-state index in [0.717, 1.165) is 48.5 Å². The molecule has 0 bridgehead atoms. The van der Waals surface area contributed by atoms with E-state index in [2.05, 4.69) is 48.7 Å². The van der Waals surface area contributed by atoms with Gasteiger partial charge in [0.2, 0.25) is 11.8 Å². The zero-order valence-corrected chi connectivity index (χ0v) is 25.5. The van der Waals surface area contributed by atoms with E-state index < -0.39 is 0 Å². The number of methoxy groups -OCH3 is 1. The molecule has 1 aromatic rings. The van der Waals surface area contributed by atoms with Crippen LogP contribution >= 0.6 is 0 Å². The minimum atomic E-state index is -0.0367. The second-order valence-electron chi connectivity index (χ2n) is 10.9. The van der Waals surface area contributed by atoms with Crippen molar-refractivity contribution in [2.45, 2.75) is 58.8 Å². The van der Waals surface area contributed by atoms with Gasteiger partial charge < -0.3 is 29.9 Å². The summed E-state index contributed by atoms with van der Waals surface area (Å²) in [5.74, 6) is 1.63.